The Morgan fingerprint density at radius 1 is 1.39 bits per heavy atom. The summed E-state index contributed by atoms with van der Waals surface area (Å²) in [6.07, 6.45) is -0.435. The van der Waals surface area contributed by atoms with Crippen LogP contribution in [0.15, 0.2) is 12.1 Å². The minimum absolute atomic E-state index is 0.181. The van der Waals surface area contributed by atoms with Crippen LogP contribution in [-0.2, 0) is 0 Å². The zero-order valence-corrected chi connectivity index (χ0v) is 11.0. The third-order valence-electron chi connectivity index (χ3n) is 2.50. The second-order valence-electron chi connectivity index (χ2n) is 4.36. The highest BCUT2D eigenvalue weighted by Crippen LogP contribution is 2.05. The van der Waals surface area contributed by atoms with E-state index in [9.17, 15) is 9.90 Å². The summed E-state index contributed by atoms with van der Waals surface area (Å²) in [5.41, 5.74) is 0.284. The molecule has 0 radical (unpaired) electrons. The third kappa shape index (κ3) is 4.29. The monoisotopic (exact) mass is 252 g/mol. The van der Waals surface area contributed by atoms with Crippen LogP contribution < -0.4 is 10.6 Å². The Labute approximate surface area is 107 Å². The van der Waals surface area contributed by atoms with Crippen molar-refractivity contribution in [1.29, 1.82) is 0 Å². The summed E-state index contributed by atoms with van der Waals surface area (Å²) < 4.78 is 0. The molecule has 18 heavy (non-hydrogen) atoms. The topological polar surface area (TPSA) is 87.1 Å². The molecule has 0 saturated heterocycles. The van der Waals surface area contributed by atoms with Crippen LogP contribution >= 0.6 is 0 Å². The second kappa shape index (κ2) is 6.90. The maximum absolute atomic E-state index is 11.4. The van der Waals surface area contributed by atoms with Crippen LogP contribution in [0.2, 0.25) is 0 Å². The van der Waals surface area contributed by atoms with E-state index in [1.807, 2.05) is 20.8 Å². The number of anilines is 1. The molecule has 0 aliphatic rings. The molecule has 1 heterocycles. The van der Waals surface area contributed by atoms with E-state index >= 15 is 0 Å². The molecule has 1 amide bonds. The van der Waals surface area contributed by atoms with Crippen molar-refractivity contribution in [3.63, 3.8) is 0 Å². The van der Waals surface area contributed by atoms with E-state index in [1.165, 1.54) is 0 Å². The van der Waals surface area contributed by atoms with Crippen LogP contribution in [0.4, 0.5) is 5.82 Å². The number of carbonyl (C=O) groups excluding carboxylic acids is 1. The van der Waals surface area contributed by atoms with E-state index in [2.05, 4.69) is 20.8 Å². The molecule has 0 spiro atoms. The van der Waals surface area contributed by atoms with Crippen molar-refractivity contribution in [2.75, 3.05) is 18.4 Å². The van der Waals surface area contributed by atoms with Gasteiger partial charge >= 0.3 is 0 Å². The van der Waals surface area contributed by atoms with Crippen LogP contribution in [0, 0.1) is 5.92 Å². The summed E-state index contributed by atoms with van der Waals surface area (Å²) in [5.74, 6) is 0.488. The molecule has 1 unspecified atom stereocenters. The number of rotatable bonds is 6. The number of nitrogens with one attached hydrogen (secondary N) is 2. The molecule has 1 rings (SSSR count). The number of hydrogen-bond acceptors (Lipinski definition) is 5. The van der Waals surface area contributed by atoms with Crippen molar-refractivity contribution in [3.8, 4) is 0 Å². The number of aliphatic hydroxyl groups excluding tert-OH is 1. The van der Waals surface area contributed by atoms with Crippen molar-refractivity contribution in [3.05, 3.63) is 17.8 Å². The highest BCUT2D eigenvalue weighted by Gasteiger charge is 2.10. The fourth-order valence-corrected chi connectivity index (χ4v) is 1.24. The van der Waals surface area contributed by atoms with Gasteiger partial charge in [0.05, 0.1) is 6.10 Å². The molecule has 0 saturated carbocycles. The zero-order chi connectivity index (χ0) is 13.5. The summed E-state index contributed by atoms with van der Waals surface area (Å²) in [4.78, 5) is 11.4. The fourth-order valence-electron chi connectivity index (χ4n) is 1.24. The van der Waals surface area contributed by atoms with E-state index in [-0.39, 0.29) is 17.5 Å². The summed E-state index contributed by atoms with van der Waals surface area (Å²) in [5, 5.41) is 22.9. The fraction of sp³-hybridized carbons (Fsp3) is 0.583. The molecule has 1 aromatic heterocycles. The minimum atomic E-state index is -0.435. The van der Waals surface area contributed by atoms with Gasteiger partial charge in [-0.1, -0.05) is 13.8 Å². The van der Waals surface area contributed by atoms with Crippen molar-refractivity contribution < 1.29 is 9.90 Å². The molecule has 100 valence electrons. The third-order valence-corrected chi connectivity index (χ3v) is 2.50. The SMILES string of the molecule is CCNC(=O)c1ccc(NCC(O)C(C)C)nn1. The average Bonchev–Trinajstić information content (AvgIpc) is 2.36. The highest BCUT2D eigenvalue weighted by molar-refractivity contribution is 5.92. The van der Waals surface area contributed by atoms with E-state index in [1.54, 1.807) is 12.1 Å². The molecule has 6 nitrogen and oxygen atoms in total. The predicted molar refractivity (Wildman–Crippen MR) is 69.4 cm³/mol. The molecular weight excluding hydrogens is 232 g/mol. The van der Waals surface area contributed by atoms with E-state index in [0.29, 0.717) is 18.9 Å². The minimum Gasteiger partial charge on any atom is -0.391 e. The molecule has 0 bridgehead atoms. The van der Waals surface area contributed by atoms with Crippen molar-refractivity contribution in [2.45, 2.75) is 26.9 Å². The molecule has 1 aromatic rings. The molecule has 3 N–H and O–H groups in total. The van der Waals surface area contributed by atoms with Gasteiger partial charge < -0.3 is 15.7 Å². The lowest BCUT2D eigenvalue weighted by molar-refractivity contribution is 0.0950. The summed E-state index contributed by atoms with van der Waals surface area (Å²) in [7, 11) is 0. The van der Waals surface area contributed by atoms with Crippen molar-refractivity contribution in [2.24, 2.45) is 5.92 Å². The molecule has 0 aromatic carbocycles. The van der Waals surface area contributed by atoms with Gasteiger partial charge in [0, 0.05) is 13.1 Å². The molecular formula is C12H20N4O2. The van der Waals surface area contributed by atoms with Gasteiger partial charge in [0.25, 0.3) is 5.91 Å². The summed E-state index contributed by atoms with van der Waals surface area (Å²) >= 11 is 0. The Morgan fingerprint density at radius 2 is 2.11 bits per heavy atom. The van der Waals surface area contributed by atoms with Crippen LogP contribution in [0.3, 0.4) is 0 Å². The first-order valence-electron chi connectivity index (χ1n) is 6.08. The Kier molecular flexibility index (Phi) is 5.51. The van der Waals surface area contributed by atoms with Gasteiger partial charge in [-0.15, -0.1) is 10.2 Å². The zero-order valence-electron chi connectivity index (χ0n) is 11.0. The van der Waals surface area contributed by atoms with Gasteiger partial charge in [0.1, 0.15) is 5.82 Å². The number of amides is 1. The van der Waals surface area contributed by atoms with Gasteiger partial charge in [-0.05, 0) is 25.0 Å². The molecule has 0 aliphatic heterocycles. The van der Waals surface area contributed by atoms with Gasteiger partial charge in [-0.25, -0.2) is 0 Å². The molecule has 6 heteroatoms. The van der Waals surface area contributed by atoms with E-state index in [4.69, 9.17) is 0 Å². The summed E-state index contributed by atoms with van der Waals surface area (Å²) in [6, 6.07) is 3.27. The average molecular weight is 252 g/mol. The van der Waals surface area contributed by atoms with Crippen LogP contribution in [0.25, 0.3) is 0 Å². The van der Waals surface area contributed by atoms with Gasteiger partial charge in [-0.3, -0.25) is 4.79 Å². The van der Waals surface area contributed by atoms with Gasteiger partial charge in [-0.2, -0.15) is 0 Å². The van der Waals surface area contributed by atoms with Crippen molar-refractivity contribution >= 4 is 11.7 Å². The normalized spacial score (nSPS) is 12.3. The number of aliphatic hydroxyl groups is 1. The Morgan fingerprint density at radius 3 is 2.61 bits per heavy atom. The van der Waals surface area contributed by atoms with E-state index in [0.717, 1.165) is 0 Å². The maximum atomic E-state index is 11.4. The lowest BCUT2D eigenvalue weighted by Crippen LogP contribution is -2.26. The maximum Gasteiger partial charge on any atom is 0.271 e. The summed E-state index contributed by atoms with van der Waals surface area (Å²) in [6.45, 7) is 6.69. The smallest absolute Gasteiger partial charge is 0.271 e. The molecule has 0 fully saturated rings. The molecule has 0 aliphatic carbocycles. The largest absolute Gasteiger partial charge is 0.391 e. The van der Waals surface area contributed by atoms with Crippen LogP contribution in [-0.4, -0.2) is 40.4 Å². The Balaban J connectivity index is 2.53. The van der Waals surface area contributed by atoms with Gasteiger partial charge in [0.15, 0.2) is 5.69 Å². The van der Waals surface area contributed by atoms with Gasteiger partial charge in [0.2, 0.25) is 0 Å². The number of aromatic nitrogens is 2. The first-order valence-corrected chi connectivity index (χ1v) is 6.08. The lowest BCUT2D eigenvalue weighted by Gasteiger charge is -2.15. The first kappa shape index (κ1) is 14.4. The standard InChI is InChI=1S/C12H20N4O2/c1-4-13-12(18)9-5-6-11(16-15-9)14-7-10(17)8(2)3/h5-6,8,10,17H,4,7H2,1-3H3,(H,13,18)(H,14,16). The quantitative estimate of drug-likeness (QED) is 0.692. The van der Waals surface area contributed by atoms with Crippen LogP contribution in [0.5, 0.6) is 0 Å². The molecule has 1 atom stereocenters. The van der Waals surface area contributed by atoms with Crippen molar-refractivity contribution in [1.82, 2.24) is 15.5 Å². The first-order chi connectivity index (χ1) is 8.54. The number of nitrogens with zero attached hydrogens (tertiary/aromatic N) is 2. The van der Waals surface area contributed by atoms with Crippen LogP contribution in [0.1, 0.15) is 31.3 Å². The number of carbonyl (C=O) groups is 1. The predicted octanol–water partition coefficient (Wildman–Crippen LogP) is 0.655. The Hall–Kier alpha value is -1.69. The lowest BCUT2D eigenvalue weighted by atomic mass is 10.1. The highest BCUT2D eigenvalue weighted by atomic mass is 16.3. The second-order valence-corrected chi connectivity index (χ2v) is 4.36. The number of hydrogen-bond donors (Lipinski definition) is 3. The van der Waals surface area contributed by atoms with E-state index < -0.39 is 6.10 Å². The Bertz CT molecular complexity index is 378.